The van der Waals surface area contributed by atoms with Gasteiger partial charge in [0, 0.05) is 30.8 Å². The standard InChI is InChI=1S/C16H22N2O2/c1-3-18(10-5-11-19)16(20)15-12-14(6-4-9-17)8-7-13(15)2/h7-8,12,19H,3,5,9-11,17H2,1-2H3. The van der Waals surface area contributed by atoms with Gasteiger partial charge in [-0.3, -0.25) is 4.79 Å². The van der Waals surface area contributed by atoms with E-state index in [0.29, 0.717) is 31.6 Å². The van der Waals surface area contributed by atoms with Crippen LogP contribution >= 0.6 is 0 Å². The molecule has 3 N–H and O–H groups in total. The van der Waals surface area contributed by atoms with Crippen molar-refractivity contribution in [2.75, 3.05) is 26.2 Å². The molecule has 0 saturated carbocycles. The maximum Gasteiger partial charge on any atom is 0.254 e. The quantitative estimate of drug-likeness (QED) is 0.792. The maximum atomic E-state index is 12.5. The normalized spacial score (nSPS) is 9.80. The van der Waals surface area contributed by atoms with Crippen molar-refractivity contribution in [3.63, 3.8) is 0 Å². The fourth-order valence-electron chi connectivity index (χ4n) is 1.92. The molecule has 0 unspecified atom stereocenters. The van der Waals surface area contributed by atoms with E-state index in [0.717, 1.165) is 11.1 Å². The van der Waals surface area contributed by atoms with E-state index in [1.807, 2.05) is 32.0 Å². The SMILES string of the molecule is CCN(CCCO)C(=O)c1cc(C#CCN)ccc1C. The van der Waals surface area contributed by atoms with Gasteiger partial charge in [0.05, 0.1) is 6.54 Å². The molecule has 0 fully saturated rings. The van der Waals surface area contributed by atoms with Crippen LogP contribution in [0.5, 0.6) is 0 Å². The highest BCUT2D eigenvalue weighted by molar-refractivity contribution is 5.96. The molecule has 1 aromatic rings. The van der Waals surface area contributed by atoms with Gasteiger partial charge >= 0.3 is 0 Å². The Morgan fingerprint density at radius 1 is 1.45 bits per heavy atom. The highest BCUT2D eigenvalue weighted by atomic mass is 16.3. The van der Waals surface area contributed by atoms with Gasteiger partial charge in [-0.2, -0.15) is 0 Å². The zero-order valence-electron chi connectivity index (χ0n) is 12.1. The Morgan fingerprint density at radius 3 is 2.80 bits per heavy atom. The maximum absolute atomic E-state index is 12.5. The molecular formula is C16H22N2O2. The second-order valence-corrected chi connectivity index (χ2v) is 4.50. The van der Waals surface area contributed by atoms with Crippen molar-refractivity contribution < 1.29 is 9.90 Å². The number of nitrogens with zero attached hydrogens (tertiary/aromatic N) is 1. The van der Waals surface area contributed by atoms with E-state index >= 15 is 0 Å². The van der Waals surface area contributed by atoms with Gasteiger partial charge in [0.25, 0.3) is 5.91 Å². The molecule has 4 nitrogen and oxygen atoms in total. The monoisotopic (exact) mass is 274 g/mol. The van der Waals surface area contributed by atoms with E-state index in [1.54, 1.807) is 4.90 Å². The number of hydrogen-bond acceptors (Lipinski definition) is 3. The smallest absolute Gasteiger partial charge is 0.254 e. The van der Waals surface area contributed by atoms with Crippen molar-refractivity contribution in [1.82, 2.24) is 4.90 Å². The molecule has 1 aromatic carbocycles. The topological polar surface area (TPSA) is 66.6 Å². The summed E-state index contributed by atoms with van der Waals surface area (Å²) in [7, 11) is 0. The number of aryl methyl sites for hydroxylation is 1. The molecule has 108 valence electrons. The zero-order chi connectivity index (χ0) is 15.0. The lowest BCUT2D eigenvalue weighted by Gasteiger charge is -2.21. The molecule has 0 atom stereocenters. The number of benzene rings is 1. The Bertz CT molecular complexity index is 515. The third kappa shape index (κ3) is 4.37. The van der Waals surface area contributed by atoms with E-state index in [-0.39, 0.29) is 12.5 Å². The number of carbonyl (C=O) groups is 1. The minimum atomic E-state index is -0.0187. The van der Waals surface area contributed by atoms with Crippen LogP contribution < -0.4 is 5.73 Å². The van der Waals surface area contributed by atoms with E-state index in [4.69, 9.17) is 10.8 Å². The van der Waals surface area contributed by atoms with Crippen LogP contribution in [0.15, 0.2) is 18.2 Å². The molecule has 0 heterocycles. The molecule has 0 aliphatic heterocycles. The van der Waals surface area contributed by atoms with Crippen LogP contribution in [-0.4, -0.2) is 42.2 Å². The van der Waals surface area contributed by atoms with Crippen LogP contribution in [0.3, 0.4) is 0 Å². The summed E-state index contributed by atoms with van der Waals surface area (Å²) in [5.41, 5.74) is 7.74. The summed E-state index contributed by atoms with van der Waals surface area (Å²) < 4.78 is 0. The van der Waals surface area contributed by atoms with Crippen molar-refractivity contribution >= 4 is 5.91 Å². The first kappa shape index (κ1) is 16.2. The molecule has 0 aliphatic rings. The van der Waals surface area contributed by atoms with Crippen molar-refractivity contribution in [3.05, 3.63) is 34.9 Å². The van der Waals surface area contributed by atoms with Gasteiger partial charge in [0.2, 0.25) is 0 Å². The Kier molecular flexibility index (Phi) is 6.78. The lowest BCUT2D eigenvalue weighted by atomic mass is 10.0. The van der Waals surface area contributed by atoms with Crippen molar-refractivity contribution in [2.24, 2.45) is 5.73 Å². The average Bonchev–Trinajstić information content (AvgIpc) is 2.47. The minimum Gasteiger partial charge on any atom is -0.396 e. The largest absolute Gasteiger partial charge is 0.396 e. The Balaban J connectivity index is 3.00. The van der Waals surface area contributed by atoms with Gasteiger partial charge in [-0.05, 0) is 38.0 Å². The first-order valence-electron chi connectivity index (χ1n) is 6.83. The van der Waals surface area contributed by atoms with Crippen LogP contribution in [0.2, 0.25) is 0 Å². The fraction of sp³-hybridized carbons (Fsp3) is 0.438. The van der Waals surface area contributed by atoms with Crippen LogP contribution in [0.25, 0.3) is 0 Å². The number of aliphatic hydroxyl groups excluding tert-OH is 1. The molecule has 0 aliphatic carbocycles. The molecule has 20 heavy (non-hydrogen) atoms. The molecule has 0 spiro atoms. The predicted molar refractivity (Wildman–Crippen MR) is 80.4 cm³/mol. The lowest BCUT2D eigenvalue weighted by molar-refractivity contribution is 0.0753. The molecule has 0 aromatic heterocycles. The van der Waals surface area contributed by atoms with E-state index in [1.165, 1.54) is 0 Å². The van der Waals surface area contributed by atoms with Gasteiger partial charge in [-0.25, -0.2) is 0 Å². The number of amides is 1. The predicted octanol–water partition coefficient (Wildman–Crippen LogP) is 1.15. The third-order valence-electron chi connectivity index (χ3n) is 3.06. The summed E-state index contributed by atoms with van der Waals surface area (Å²) in [6.45, 7) is 5.41. The summed E-state index contributed by atoms with van der Waals surface area (Å²) in [5, 5.41) is 8.89. The summed E-state index contributed by atoms with van der Waals surface area (Å²) in [6, 6.07) is 5.59. The lowest BCUT2D eigenvalue weighted by Crippen LogP contribution is -2.32. The van der Waals surface area contributed by atoms with E-state index in [9.17, 15) is 4.79 Å². The molecule has 4 heteroatoms. The highest BCUT2D eigenvalue weighted by Crippen LogP contribution is 2.14. The number of rotatable bonds is 5. The Morgan fingerprint density at radius 2 is 2.20 bits per heavy atom. The van der Waals surface area contributed by atoms with Gasteiger partial charge in [0.1, 0.15) is 0 Å². The van der Waals surface area contributed by atoms with Crippen LogP contribution in [-0.2, 0) is 0 Å². The summed E-state index contributed by atoms with van der Waals surface area (Å²) in [4.78, 5) is 14.2. The number of aliphatic hydroxyl groups is 1. The number of hydrogen-bond donors (Lipinski definition) is 2. The van der Waals surface area contributed by atoms with Gasteiger partial charge in [-0.15, -0.1) is 0 Å². The first-order chi connectivity index (χ1) is 9.63. The summed E-state index contributed by atoms with van der Waals surface area (Å²) in [6.07, 6.45) is 0.589. The summed E-state index contributed by atoms with van der Waals surface area (Å²) >= 11 is 0. The number of nitrogens with two attached hydrogens (primary N) is 1. The molecule has 0 bridgehead atoms. The minimum absolute atomic E-state index is 0.0187. The third-order valence-corrected chi connectivity index (χ3v) is 3.06. The van der Waals surface area contributed by atoms with Crippen molar-refractivity contribution in [2.45, 2.75) is 20.3 Å². The van der Waals surface area contributed by atoms with Crippen LogP contribution in [0, 0.1) is 18.8 Å². The first-order valence-corrected chi connectivity index (χ1v) is 6.83. The van der Waals surface area contributed by atoms with E-state index < -0.39 is 0 Å². The van der Waals surface area contributed by atoms with Gasteiger partial charge < -0.3 is 15.7 Å². The number of carbonyl (C=O) groups excluding carboxylic acids is 1. The average molecular weight is 274 g/mol. The second-order valence-electron chi connectivity index (χ2n) is 4.50. The Labute approximate surface area is 120 Å². The highest BCUT2D eigenvalue weighted by Gasteiger charge is 2.16. The molecular weight excluding hydrogens is 252 g/mol. The second kappa shape index (κ2) is 8.36. The summed E-state index contributed by atoms with van der Waals surface area (Å²) in [5.74, 6) is 5.71. The van der Waals surface area contributed by atoms with Crippen LogP contribution in [0.4, 0.5) is 0 Å². The molecule has 0 radical (unpaired) electrons. The van der Waals surface area contributed by atoms with Gasteiger partial charge in [0.15, 0.2) is 0 Å². The zero-order valence-corrected chi connectivity index (χ0v) is 12.1. The van der Waals surface area contributed by atoms with E-state index in [2.05, 4.69) is 11.8 Å². The van der Waals surface area contributed by atoms with Gasteiger partial charge in [-0.1, -0.05) is 17.9 Å². The molecule has 0 saturated heterocycles. The van der Waals surface area contributed by atoms with Crippen molar-refractivity contribution in [3.8, 4) is 11.8 Å². The van der Waals surface area contributed by atoms with Crippen LogP contribution in [0.1, 0.15) is 34.8 Å². The fourth-order valence-corrected chi connectivity index (χ4v) is 1.92. The van der Waals surface area contributed by atoms with Crippen molar-refractivity contribution in [1.29, 1.82) is 0 Å². The molecule has 1 amide bonds. The Hall–Kier alpha value is -1.83. The molecule has 1 rings (SSSR count).